The molecule has 3 N–H and O–H groups in total. The van der Waals surface area contributed by atoms with Crippen LogP contribution in [-0.2, 0) is 19.6 Å². The van der Waals surface area contributed by atoms with Gasteiger partial charge in [0.25, 0.3) is 0 Å². The molecular formula is C13H17FN2O4S. The van der Waals surface area contributed by atoms with Gasteiger partial charge in [-0.05, 0) is 31.0 Å². The highest BCUT2D eigenvalue weighted by Crippen LogP contribution is 2.29. The third-order valence-corrected chi connectivity index (χ3v) is 5.08. The second-order valence-electron chi connectivity index (χ2n) is 5.04. The van der Waals surface area contributed by atoms with Crippen LogP contribution in [0, 0.1) is 11.2 Å². The van der Waals surface area contributed by atoms with Gasteiger partial charge in [-0.25, -0.2) is 17.5 Å². The minimum atomic E-state index is -3.89. The van der Waals surface area contributed by atoms with Gasteiger partial charge in [-0.2, -0.15) is 0 Å². The average molecular weight is 316 g/mol. The summed E-state index contributed by atoms with van der Waals surface area (Å²) < 4.78 is 44.9. The van der Waals surface area contributed by atoms with Crippen LogP contribution >= 0.6 is 0 Å². The number of benzene rings is 1. The first-order valence-electron chi connectivity index (χ1n) is 6.49. The molecule has 6 nitrogen and oxygen atoms in total. The van der Waals surface area contributed by atoms with Crippen LogP contribution in [0.25, 0.3) is 0 Å². The largest absolute Gasteiger partial charge is 0.381 e. The summed E-state index contributed by atoms with van der Waals surface area (Å²) in [4.78, 5) is 11.5. The maximum absolute atomic E-state index is 13.1. The molecule has 0 unspecified atom stereocenters. The number of halogens is 1. The number of hydrogen-bond acceptors (Lipinski definition) is 4. The van der Waals surface area contributed by atoms with Crippen LogP contribution in [0.4, 0.5) is 4.39 Å². The van der Waals surface area contributed by atoms with E-state index in [1.807, 2.05) is 0 Å². The number of carbonyl (C=O) groups excluding carboxylic acids is 1. The number of primary amides is 1. The number of amides is 1. The van der Waals surface area contributed by atoms with Gasteiger partial charge < -0.3 is 10.5 Å². The van der Waals surface area contributed by atoms with E-state index >= 15 is 0 Å². The monoisotopic (exact) mass is 316 g/mol. The van der Waals surface area contributed by atoms with Crippen LogP contribution in [-0.4, -0.2) is 34.1 Å². The molecule has 1 aliphatic rings. The molecule has 1 amide bonds. The predicted molar refractivity (Wildman–Crippen MR) is 73.3 cm³/mol. The lowest BCUT2D eigenvalue weighted by Gasteiger charge is -2.34. The summed E-state index contributed by atoms with van der Waals surface area (Å²) in [6, 6.07) is 4.67. The van der Waals surface area contributed by atoms with Crippen molar-refractivity contribution in [2.75, 3.05) is 19.8 Å². The maximum atomic E-state index is 13.1. The van der Waals surface area contributed by atoms with Crippen molar-refractivity contribution in [3.8, 4) is 0 Å². The first-order valence-corrected chi connectivity index (χ1v) is 7.97. The number of rotatable bonds is 5. The van der Waals surface area contributed by atoms with Crippen molar-refractivity contribution in [2.24, 2.45) is 11.1 Å². The van der Waals surface area contributed by atoms with E-state index in [0.29, 0.717) is 26.1 Å². The Kier molecular flexibility index (Phi) is 4.60. The standard InChI is InChI=1S/C13H17FN2O4S/c14-10-2-1-3-11(8-10)21(18,19)16-9-13(12(15)17)4-6-20-7-5-13/h1-3,8,16H,4-7,9H2,(H2,15,17). The minimum absolute atomic E-state index is 0.120. The molecule has 1 aromatic carbocycles. The Morgan fingerprint density at radius 3 is 2.62 bits per heavy atom. The van der Waals surface area contributed by atoms with Gasteiger partial charge in [0.1, 0.15) is 5.82 Å². The summed E-state index contributed by atoms with van der Waals surface area (Å²) in [5.74, 6) is -1.21. The third-order valence-electron chi connectivity index (χ3n) is 3.68. The van der Waals surface area contributed by atoms with E-state index in [9.17, 15) is 17.6 Å². The Morgan fingerprint density at radius 2 is 2.05 bits per heavy atom. The molecule has 21 heavy (non-hydrogen) atoms. The number of ether oxygens (including phenoxy) is 1. The Hall–Kier alpha value is -1.51. The first-order chi connectivity index (χ1) is 9.86. The summed E-state index contributed by atoms with van der Waals surface area (Å²) >= 11 is 0. The molecule has 0 spiro atoms. The fraction of sp³-hybridized carbons (Fsp3) is 0.462. The Morgan fingerprint density at radius 1 is 1.38 bits per heavy atom. The van der Waals surface area contributed by atoms with Crippen molar-refractivity contribution < 1.29 is 22.3 Å². The zero-order chi connectivity index (χ0) is 15.5. The maximum Gasteiger partial charge on any atom is 0.240 e. The first kappa shape index (κ1) is 15.9. The van der Waals surface area contributed by atoms with Crippen molar-refractivity contribution >= 4 is 15.9 Å². The van der Waals surface area contributed by atoms with Gasteiger partial charge in [0.15, 0.2) is 0 Å². The Balaban J connectivity index is 2.15. The van der Waals surface area contributed by atoms with Crippen LogP contribution < -0.4 is 10.5 Å². The van der Waals surface area contributed by atoms with Gasteiger partial charge in [-0.15, -0.1) is 0 Å². The Labute approximate surface area is 122 Å². The summed E-state index contributed by atoms with van der Waals surface area (Å²) in [5, 5.41) is 0. The van der Waals surface area contributed by atoms with E-state index in [-0.39, 0.29) is 11.4 Å². The fourth-order valence-corrected chi connectivity index (χ4v) is 3.38. The predicted octanol–water partition coefficient (Wildman–Crippen LogP) is 0.386. The number of nitrogens with two attached hydrogens (primary N) is 1. The molecule has 8 heteroatoms. The van der Waals surface area contributed by atoms with E-state index in [4.69, 9.17) is 10.5 Å². The lowest BCUT2D eigenvalue weighted by Crippen LogP contribution is -2.49. The second-order valence-corrected chi connectivity index (χ2v) is 6.81. The topological polar surface area (TPSA) is 98.5 Å². The highest BCUT2D eigenvalue weighted by molar-refractivity contribution is 7.89. The fourth-order valence-electron chi connectivity index (χ4n) is 2.22. The van der Waals surface area contributed by atoms with E-state index in [1.165, 1.54) is 12.1 Å². The summed E-state index contributed by atoms with van der Waals surface area (Å²) in [5.41, 5.74) is 4.45. The van der Waals surface area contributed by atoms with Crippen LogP contribution in [0.5, 0.6) is 0 Å². The molecule has 0 atom stereocenters. The van der Waals surface area contributed by atoms with Crippen LogP contribution in [0.1, 0.15) is 12.8 Å². The highest BCUT2D eigenvalue weighted by Gasteiger charge is 2.39. The van der Waals surface area contributed by atoms with E-state index < -0.39 is 27.2 Å². The van der Waals surface area contributed by atoms with Crippen LogP contribution in [0.2, 0.25) is 0 Å². The molecule has 0 bridgehead atoms. The molecule has 1 aliphatic heterocycles. The third kappa shape index (κ3) is 3.58. The summed E-state index contributed by atoms with van der Waals surface area (Å²) in [6.07, 6.45) is 0.710. The number of sulfonamides is 1. The van der Waals surface area contributed by atoms with Crippen molar-refractivity contribution in [3.63, 3.8) is 0 Å². The number of carbonyl (C=O) groups is 1. The second kappa shape index (κ2) is 6.08. The van der Waals surface area contributed by atoms with Gasteiger partial charge >= 0.3 is 0 Å². The zero-order valence-corrected chi connectivity index (χ0v) is 12.2. The SMILES string of the molecule is NC(=O)C1(CNS(=O)(=O)c2cccc(F)c2)CCOCC1. The number of nitrogens with one attached hydrogen (secondary N) is 1. The molecule has 1 heterocycles. The van der Waals surface area contributed by atoms with Gasteiger partial charge in [-0.3, -0.25) is 4.79 Å². The molecule has 0 radical (unpaired) electrons. The van der Waals surface area contributed by atoms with Crippen molar-refractivity contribution in [1.29, 1.82) is 0 Å². The van der Waals surface area contributed by atoms with Crippen LogP contribution in [0.15, 0.2) is 29.2 Å². The molecule has 0 aliphatic carbocycles. The molecule has 116 valence electrons. The minimum Gasteiger partial charge on any atom is -0.381 e. The normalized spacial score (nSPS) is 18.3. The van der Waals surface area contributed by atoms with E-state index in [2.05, 4.69) is 4.72 Å². The van der Waals surface area contributed by atoms with Gasteiger partial charge in [-0.1, -0.05) is 6.07 Å². The Bertz CT molecular complexity index is 627. The van der Waals surface area contributed by atoms with E-state index in [1.54, 1.807) is 0 Å². The van der Waals surface area contributed by atoms with Gasteiger partial charge in [0, 0.05) is 19.8 Å². The number of hydrogen-bond donors (Lipinski definition) is 2. The van der Waals surface area contributed by atoms with Crippen molar-refractivity contribution in [2.45, 2.75) is 17.7 Å². The van der Waals surface area contributed by atoms with Gasteiger partial charge in [0.05, 0.1) is 10.3 Å². The van der Waals surface area contributed by atoms with Crippen molar-refractivity contribution in [1.82, 2.24) is 4.72 Å². The van der Waals surface area contributed by atoms with E-state index in [0.717, 1.165) is 12.1 Å². The highest BCUT2D eigenvalue weighted by atomic mass is 32.2. The molecule has 0 saturated carbocycles. The molecule has 2 rings (SSSR count). The molecule has 1 aromatic rings. The summed E-state index contributed by atoms with van der Waals surface area (Å²) in [6.45, 7) is 0.583. The lowest BCUT2D eigenvalue weighted by molar-refractivity contribution is -0.132. The van der Waals surface area contributed by atoms with Gasteiger partial charge in [0.2, 0.25) is 15.9 Å². The van der Waals surface area contributed by atoms with Crippen LogP contribution in [0.3, 0.4) is 0 Å². The quantitative estimate of drug-likeness (QED) is 0.820. The smallest absolute Gasteiger partial charge is 0.240 e. The molecule has 1 fully saturated rings. The molecular weight excluding hydrogens is 299 g/mol. The lowest BCUT2D eigenvalue weighted by atomic mass is 9.80. The van der Waals surface area contributed by atoms with Crippen molar-refractivity contribution in [3.05, 3.63) is 30.1 Å². The summed E-state index contributed by atoms with van der Waals surface area (Å²) in [7, 11) is -3.89. The molecule has 1 saturated heterocycles. The average Bonchev–Trinajstić information content (AvgIpc) is 2.46. The zero-order valence-electron chi connectivity index (χ0n) is 11.3. The molecule has 0 aromatic heterocycles.